The van der Waals surface area contributed by atoms with Crippen molar-refractivity contribution in [1.82, 2.24) is 14.8 Å². The van der Waals surface area contributed by atoms with Gasteiger partial charge in [-0.1, -0.05) is 20.8 Å². The molecule has 0 saturated heterocycles. The van der Waals surface area contributed by atoms with Crippen molar-refractivity contribution in [3.05, 3.63) is 10.6 Å². The SMILES string of the molecule is CCCc1n[nH]c(=S)n1C1CC1(C)C. The molecule has 1 atom stereocenters. The van der Waals surface area contributed by atoms with Crippen molar-refractivity contribution in [2.75, 3.05) is 0 Å². The summed E-state index contributed by atoms with van der Waals surface area (Å²) in [6.45, 7) is 6.73. The van der Waals surface area contributed by atoms with E-state index in [9.17, 15) is 0 Å². The van der Waals surface area contributed by atoms with E-state index in [-0.39, 0.29) is 0 Å². The maximum Gasteiger partial charge on any atom is 0.195 e. The molecule has 1 aromatic rings. The highest BCUT2D eigenvalue weighted by atomic mass is 32.1. The molecule has 2 rings (SSSR count). The first-order valence-electron chi connectivity index (χ1n) is 5.22. The number of aromatic amines is 1. The normalized spacial score (nSPS) is 23.8. The highest BCUT2D eigenvalue weighted by Crippen LogP contribution is 2.55. The van der Waals surface area contributed by atoms with Crippen LogP contribution in [0.1, 0.15) is 45.5 Å². The fourth-order valence-corrected chi connectivity index (χ4v) is 2.22. The van der Waals surface area contributed by atoms with Crippen molar-refractivity contribution in [3.63, 3.8) is 0 Å². The van der Waals surface area contributed by atoms with E-state index in [2.05, 4.69) is 35.5 Å². The largest absolute Gasteiger partial charge is 0.300 e. The maximum absolute atomic E-state index is 5.25. The summed E-state index contributed by atoms with van der Waals surface area (Å²) in [6.07, 6.45) is 3.35. The van der Waals surface area contributed by atoms with Crippen molar-refractivity contribution in [1.29, 1.82) is 0 Å². The van der Waals surface area contributed by atoms with Crippen LogP contribution in [-0.2, 0) is 6.42 Å². The molecule has 1 fully saturated rings. The Morgan fingerprint density at radius 1 is 1.64 bits per heavy atom. The molecule has 0 bridgehead atoms. The van der Waals surface area contributed by atoms with Crippen LogP contribution in [0.15, 0.2) is 0 Å². The van der Waals surface area contributed by atoms with Gasteiger partial charge in [0.05, 0.1) is 0 Å². The molecule has 1 N–H and O–H groups in total. The first kappa shape index (κ1) is 9.90. The molecule has 0 radical (unpaired) electrons. The Hall–Kier alpha value is -0.640. The minimum Gasteiger partial charge on any atom is -0.300 e. The van der Waals surface area contributed by atoms with Gasteiger partial charge in [0.15, 0.2) is 4.77 Å². The van der Waals surface area contributed by atoms with E-state index >= 15 is 0 Å². The van der Waals surface area contributed by atoms with Gasteiger partial charge in [-0.15, -0.1) is 0 Å². The summed E-state index contributed by atoms with van der Waals surface area (Å²) in [4.78, 5) is 0. The Morgan fingerprint density at radius 3 is 2.79 bits per heavy atom. The third-order valence-corrected chi connectivity index (χ3v) is 3.31. The number of aromatic nitrogens is 3. The lowest BCUT2D eigenvalue weighted by atomic mass is 10.2. The van der Waals surface area contributed by atoms with Gasteiger partial charge in [0, 0.05) is 12.5 Å². The summed E-state index contributed by atoms with van der Waals surface area (Å²) >= 11 is 5.25. The van der Waals surface area contributed by atoms with Gasteiger partial charge in [0.2, 0.25) is 0 Å². The zero-order valence-electron chi connectivity index (χ0n) is 9.00. The molecule has 78 valence electrons. The van der Waals surface area contributed by atoms with E-state index in [1.807, 2.05) is 0 Å². The van der Waals surface area contributed by atoms with E-state index in [1.165, 1.54) is 6.42 Å². The smallest absolute Gasteiger partial charge is 0.195 e. The molecule has 1 heterocycles. The average Bonchev–Trinajstić information content (AvgIpc) is 2.54. The van der Waals surface area contributed by atoms with Crippen molar-refractivity contribution in [2.45, 2.75) is 46.1 Å². The molecule has 3 nitrogen and oxygen atoms in total. The number of nitrogens with zero attached hydrogens (tertiary/aromatic N) is 2. The van der Waals surface area contributed by atoms with Crippen LogP contribution < -0.4 is 0 Å². The summed E-state index contributed by atoms with van der Waals surface area (Å²) in [7, 11) is 0. The molecular formula is C10H17N3S. The summed E-state index contributed by atoms with van der Waals surface area (Å²) < 4.78 is 2.99. The summed E-state index contributed by atoms with van der Waals surface area (Å²) in [5, 5.41) is 7.18. The molecule has 4 heteroatoms. The monoisotopic (exact) mass is 211 g/mol. The van der Waals surface area contributed by atoms with Gasteiger partial charge in [-0.2, -0.15) is 5.10 Å². The van der Waals surface area contributed by atoms with Crippen molar-refractivity contribution in [2.24, 2.45) is 5.41 Å². The van der Waals surface area contributed by atoms with Gasteiger partial charge in [0.1, 0.15) is 5.82 Å². The summed E-state index contributed by atoms with van der Waals surface area (Å²) in [5.74, 6) is 1.12. The van der Waals surface area contributed by atoms with Gasteiger partial charge in [-0.25, -0.2) is 0 Å². The quantitative estimate of drug-likeness (QED) is 0.780. The van der Waals surface area contributed by atoms with Gasteiger partial charge >= 0.3 is 0 Å². The second kappa shape index (κ2) is 3.19. The van der Waals surface area contributed by atoms with E-state index in [1.54, 1.807) is 0 Å². The fourth-order valence-electron chi connectivity index (χ4n) is 1.94. The Balaban J connectivity index is 2.32. The van der Waals surface area contributed by atoms with E-state index < -0.39 is 0 Å². The second-order valence-electron chi connectivity index (χ2n) is 4.77. The fraction of sp³-hybridized carbons (Fsp3) is 0.800. The standard InChI is InChI=1S/C10H17N3S/c1-4-5-8-11-12-9(14)13(8)7-6-10(7,2)3/h7H,4-6H2,1-3H3,(H,12,14). The molecule has 1 unspecified atom stereocenters. The summed E-state index contributed by atoms with van der Waals surface area (Å²) in [6, 6.07) is 0.565. The first-order chi connectivity index (χ1) is 6.56. The number of H-pyrrole nitrogens is 1. The van der Waals surface area contributed by atoms with Crippen molar-refractivity contribution in [3.8, 4) is 0 Å². The molecule has 1 aliphatic rings. The molecule has 1 aliphatic carbocycles. The van der Waals surface area contributed by atoms with Gasteiger partial charge in [-0.3, -0.25) is 5.10 Å². The zero-order valence-corrected chi connectivity index (χ0v) is 9.82. The third-order valence-electron chi connectivity index (χ3n) is 3.02. The van der Waals surface area contributed by atoms with Gasteiger partial charge < -0.3 is 4.57 Å². The minimum absolute atomic E-state index is 0.407. The number of nitrogens with one attached hydrogen (secondary N) is 1. The highest BCUT2D eigenvalue weighted by molar-refractivity contribution is 7.71. The van der Waals surface area contributed by atoms with Crippen LogP contribution in [0.2, 0.25) is 0 Å². The summed E-state index contributed by atoms with van der Waals surface area (Å²) in [5.41, 5.74) is 0.407. The highest BCUT2D eigenvalue weighted by Gasteiger charge is 2.48. The molecule has 1 aromatic heterocycles. The molecule has 0 spiro atoms. The Morgan fingerprint density at radius 2 is 2.29 bits per heavy atom. The molecule has 0 aliphatic heterocycles. The lowest BCUT2D eigenvalue weighted by molar-refractivity contribution is 0.521. The van der Waals surface area contributed by atoms with Crippen LogP contribution in [0.4, 0.5) is 0 Å². The van der Waals surface area contributed by atoms with Crippen LogP contribution >= 0.6 is 12.2 Å². The number of aryl methyl sites for hydroxylation is 1. The van der Waals surface area contributed by atoms with Crippen LogP contribution in [0, 0.1) is 10.2 Å². The first-order valence-corrected chi connectivity index (χ1v) is 5.63. The van der Waals surface area contributed by atoms with E-state index in [0.717, 1.165) is 23.4 Å². The van der Waals surface area contributed by atoms with Crippen LogP contribution in [0.3, 0.4) is 0 Å². The number of hydrogen-bond acceptors (Lipinski definition) is 2. The molecule has 0 aromatic carbocycles. The Bertz CT molecular complexity index is 388. The molecule has 0 amide bonds. The van der Waals surface area contributed by atoms with Crippen molar-refractivity contribution < 1.29 is 0 Å². The zero-order chi connectivity index (χ0) is 10.3. The molecule has 14 heavy (non-hydrogen) atoms. The van der Waals surface area contributed by atoms with Crippen molar-refractivity contribution >= 4 is 12.2 Å². The minimum atomic E-state index is 0.407. The van der Waals surface area contributed by atoms with Crippen LogP contribution in [-0.4, -0.2) is 14.8 Å². The lowest BCUT2D eigenvalue weighted by Gasteiger charge is -2.07. The predicted molar refractivity (Wildman–Crippen MR) is 58.8 cm³/mol. The van der Waals surface area contributed by atoms with Crippen LogP contribution in [0.25, 0.3) is 0 Å². The topological polar surface area (TPSA) is 33.6 Å². The van der Waals surface area contributed by atoms with E-state index in [0.29, 0.717) is 11.5 Å². The maximum atomic E-state index is 5.25. The predicted octanol–water partition coefficient (Wildman–Crippen LogP) is 2.86. The van der Waals surface area contributed by atoms with Crippen LogP contribution in [0.5, 0.6) is 0 Å². The third kappa shape index (κ3) is 1.52. The van der Waals surface area contributed by atoms with E-state index in [4.69, 9.17) is 12.2 Å². The number of hydrogen-bond donors (Lipinski definition) is 1. The van der Waals surface area contributed by atoms with Gasteiger partial charge in [0.25, 0.3) is 0 Å². The molecule has 1 saturated carbocycles. The lowest BCUT2D eigenvalue weighted by Crippen LogP contribution is -2.05. The van der Waals surface area contributed by atoms with Gasteiger partial charge in [-0.05, 0) is 30.5 Å². The number of rotatable bonds is 3. The Kier molecular flexibility index (Phi) is 2.26. The molecular weight excluding hydrogens is 194 g/mol. The average molecular weight is 211 g/mol. The Labute approximate surface area is 89.5 Å². The second-order valence-corrected chi connectivity index (χ2v) is 5.16.